The van der Waals surface area contributed by atoms with E-state index in [1.54, 1.807) is 18.4 Å². The summed E-state index contributed by atoms with van der Waals surface area (Å²) in [4.78, 5) is 0. The topological polar surface area (TPSA) is 49.0 Å². The van der Waals surface area contributed by atoms with Gasteiger partial charge in [-0.3, -0.25) is 0 Å². The maximum Gasteiger partial charge on any atom is 0.127 e. The first-order valence-electron chi connectivity index (χ1n) is 5.21. The van der Waals surface area contributed by atoms with Crippen molar-refractivity contribution in [3.8, 4) is 6.07 Å². The van der Waals surface area contributed by atoms with Gasteiger partial charge in [0.15, 0.2) is 0 Å². The van der Waals surface area contributed by atoms with E-state index in [0.29, 0.717) is 24.2 Å². The molecule has 3 nitrogen and oxygen atoms in total. The van der Waals surface area contributed by atoms with Gasteiger partial charge >= 0.3 is 0 Å². The summed E-state index contributed by atoms with van der Waals surface area (Å²) in [5, 5.41) is 11.8. The molecule has 86 valence electrons. The molecule has 17 heavy (non-hydrogen) atoms. The summed E-state index contributed by atoms with van der Waals surface area (Å²) in [6, 6.07) is 9.95. The van der Waals surface area contributed by atoms with Gasteiger partial charge in [0, 0.05) is 12.1 Å². The molecule has 0 aliphatic heterocycles. The third kappa shape index (κ3) is 2.92. The molecule has 1 aromatic carbocycles. The first-order chi connectivity index (χ1) is 8.29. The molecule has 1 heterocycles. The predicted octanol–water partition coefficient (Wildman–Crippen LogP) is 2.58. The van der Waals surface area contributed by atoms with Crippen LogP contribution in [0.2, 0.25) is 0 Å². The molecular weight excluding hydrogens is 219 g/mol. The van der Waals surface area contributed by atoms with E-state index in [4.69, 9.17) is 9.68 Å². The monoisotopic (exact) mass is 230 g/mol. The molecule has 2 aromatic rings. The van der Waals surface area contributed by atoms with Crippen LogP contribution in [-0.2, 0) is 13.1 Å². The maximum absolute atomic E-state index is 13.4. The Morgan fingerprint density at radius 2 is 2.18 bits per heavy atom. The van der Waals surface area contributed by atoms with Gasteiger partial charge in [-0.15, -0.1) is 0 Å². The van der Waals surface area contributed by atoms with Crippen LogP contribution in [0.25, 0.3) is 0 Å². The zero-order chi connectivity index (χ0) is 12.1. The van der Waals surface area contributed by atoms with Crippen molar-refractivity contribution in [2.24, 2.45) is 0 Å². The molecule has 0 amide bonds. The molecule has 0 aliphatic carbocycles. The van der Waals surface area contributed by atoms with E-state index < -0.39 is 0 Å². The molecule has 1 N–H and O–H groups in total. The van der Waals surface area contributed by atoms with Crippen LogP contribution in [0.5, 0.6) is 0 Å². The Morgan fingerprint density at radius 1 is 1.29 bits per heavy atom. The van der Waals surface area contributed by atoms with Crippen LogP contribution in [0.4, 0.5) is 4.39 Å². The molecule has 2 rings (SSSR count). The molecule has 1 aromatic heterocycles. The standard InChI is InChI=1S/C13H11FN2O/c14-13-4-3-10(7-15)6-11(13)8-16-9-12-2-1-5-17-12/h1-6,16H,8-9H2. The van der Waals surface area contributed by atoms with Crippen molar-refractivity contribution in [1.82, 2.24) is 5.32 Å². The SMILES string of the molecule is N#Cc1ccc(F)c(CNCc2ccco2)c1. The minimum Gasteiger partial charge on any atom is -0.468 e. The number of nitriles is 1. The van der Waals surface area contributed by atoms with Crippen molar-refractivity contribution in [3.05, 3.63) is 59.3 Å². The number of hydrogen-bond acceptors (Lipinski definition) is 3. The van der Waals surface area contributed by atoms with Crippen LogP contribution in [-0.4, -0.2) is 0 Å². The minimum atomic E-state index is -0.309. The fraction of sp³-hybridized carbons (Fsp3) is 0.154. The van der Waals surface area contributed by atoms with Crippen molar-refractivity contribution >= 4 is 0 Å². The number of nitrogens with zero attached hydrogens (tertiary/aromatic N) is 1. The van der Waals surface area contributed by atoms with E-state index in [2.05, 4.69) is 5.32 Å². The van der Waals surface area contributed by atoms with Crippen molar-refractivity contribution < 1.29 is 8.81 Å². The van der Waals surface area contributed by atoms with E-state index in [-0.39, 0.29) is 5.82 Å². The third-order valence-electron chi connectivity index (χ3n) is 2.37. The van der Waals surface area contributed by atoms with Gasteiger partial charge in [0.05, 0.1) is 24.4 Å². The number of nitrogens with one attached hydrogen (secondary N) is 1. The number of furan rings is 1. The quantitative estimate of drug-likeness (QED) is 0.878. The lowest BCUT2D eigenvalue weighted by molar-refractivity contribution is 0.479. The van der Waals surface area contributed by atoms with Gasteiger partial charge in [-0.25, -0.2) is 4.39 Å². The molecule has 0 aliphatic rings. The van der Waals surface area contributed by atoms with Crippen LogP contribution in [0.15, 0.2) is 41.0 Å². The van der Waals surface area contributed by atoms with E-state index in [9.17, 15) is 4.39 Å². The molecule has 0 saturated carbocycles. The van der Waals surface area contributed by atoms with Crippen LogP contribution >= 0.6 is 0 Å². The second-order valence-corrected chi connectivity index (χ2v) is 3.60. The van der Waals surface area contributed by atoms with Gasteiger partial charge in [-0.2, -0.15) is 5.26 Å². The summed E-state index contributed by atoms with van der Waals surface area (Å²) >= 11 is 0. The van der Waals surface area contributed by atoms with Gasteiger partial charge in [-0.1, -0.05) is 0 Å². The Hall–Kier alpha value is -2.12. The highest BCUT2D eigenvalue weighted by atomic mass is 19.1. The summed E-state index contributed by atoms with van der Waals surface area (Å²) in [7, 11) is 0. The Balaban J connectivity index is 1.97. The fourth-order valence-electron chi connectivity index (χ4n) is 1.51. The largest absolute Gasteiger partial charge is 0.468 e. The average molecular weight is 230 g/mol. The molecular formula is C13H11FN2O. The first-order valence-corrected chi connectivity index (χ1v) is 5.21. The normalized spacial score (nSPS) is 10.1. The first kappa shape index (κ1) is 11.4. The number of hydrogen-bond donors (Lipinski definition) is 1. The third-order valence-corrected chi connectivity index (χ3v) is 2.37. The Kier molecular flexibility index (Phi) is 3.53. The lowest BCUT2D eigenvalue weighted by Crippen LogP contribution is -2.13. The molecule has 0 saturated heterocycles. The maximum atomic E-state index is 13.4. The highest BCUT2D eigenvalue weighted by Gasteiger charge is 2.03. The van der Waals surface area contributed by atoms with Gasteiger partial charge < -0.3 is 9.73 Å². The molecule has 0 fully saturated rings. The zero-order valence-electron chi connectivity index (χ0n) is 9.11. The van der Waals surface area contributed by atoms with Crippen LogP contribution in [0, 0.1) is 17.1 Å². The second kappa shape index (κ2) is 5.28. The van der Waals surface area contributed by atoms with Gasteiger partial charge in [-0.05, 0) is 30.3 Å². The van der Waals surface area contributed by atoms with Crippen molar-refractivity contribution in [3.63, 3.8) is 0 Å². The molecule has 4 heteroatoms. The minimum absolute atomic E-state index is 0.309. The Morgan fingerprint density at radius 3 is 2.88 bits per heavy atom. The molecule has 0 bridgehead atoms. The summed E-state index contributed by atoms with van der Waals surface area (Å²) in [5.41, 5.74) is 0.941. The van der Waals surface area contributed by atoms with Crippen LogP contribution in [0.1, 0.15) is 16.9 Å². The summed E-state index contributed by atoms with van der Waals surface area (Å²) in [6.45, 7) is 0.894. The number of rotatable bonds is 4. The van der Waals surface area contributed by atoms with E-state index >= 15 is 0 Å². The van der Waals surface area contributed by atoms with E-state index in [1.165, 1.54) is 12.1 Å². The fourth-order valence-corrected chi connectivity index (χ4v) is 1.51. The van der Waals surface area contributed by atoms with Gasteiger partial charge in [0.2, 0.25) is 0 Å². The van der Waals surface area contributed by atoms with Gasteiger partial charge in [0.1, 0.15) is 11.6 Å². The zero-order valence-corrected chi connectivity index (χ0v) is 9.11. The van der Waals surface area contributed by atoms with E-state index in [1.807, 2.05) is 12.1 Å². The highest BCUT2D eigenvalue weighted by Crippen LogP contribution is 2.10. The lowest BCUT2D eigenvalue weighted by atomic mass is 10.1. The number of benzene rings is 1. The van der Waals surface area contributed by atoms with Gasteiger partial charge in [0.25, 0.3) is 0 Å². The highest BCUT2D eigenvalue weighted by molar-refractivity contribution is 5.33. The van der Waals surface area contributed by atoms with E-state index in [0.717, 1.165) is 5.76 Å². The van der Waals surface area contributed by atoms with Crippen molar-refractivity contribution in [1.29, 1.82) is 5.26 Å². The molecule has 0 atom stereocenters. The van der Waals surface area contributed by atoms with Crippen LogP contribution in [0.3, 0.4) is 0 Å². The van der Waals surface area contributed by atoms with Crippen molar-refractivity contribution in [2.45, 2.75) is 13.1 Å². The smallest absolute Gasteiger partial charge is 0.127 e. The Labute approximate surface area is 98.5 Å². The lowest BCUT2D eigenvalue weighted by Gasteiger charge is -2.04. The van der Waals surface area contributed by atoms with Crippen molar-refractivity contribution in [2.75, 3.05) is 0 Å². The predicted molar refractivity (Wildman–Crippen MR) is 60.4 cm³/mol. The summed E-state index contributed by atoms with van der Waals surface area (Å²) in [6.07, 6.45) is 1.59. The average Bonchev–Trinajstić information content (AvgIpc) is 2.84. The summed E-state index contributed by atoms with van der Waals surface area (Å²) in [5.74, 6) is 0.484. The second-order valence-electron chi connectivity index (χ2n) is 3.60. The molecule has 0 radical (unpaired) electrons. The molecule has 0 unspecified atom stereocenters. The van der Waals surface area contributed by atoms with Crippen LogP contribution < -0.4 is 5.32 Å². The Bertz CT molecular complexity index is 529. The summed E-state index contributed by atoms with van der Waals surface area (Å²) < 4.78 is 18.5. The number of halogens is 1. The molecule has 0 spiro atoms.